The van der Waals surface area contributed by atoms with E-state index in [2.05, 4.69) is 54.2 Å². The van der Waals surface area contributed by atoms with Crippen molar-refractivity contribution in [1.82, 2.24) is 9.13 Å². The van der Waals surface area contributed by atoms with E-state index in [1.165, 1.54) is 24.7 Å². The van der Waals surface area contributed by atoms with Crippen molar-refractivity contribution in [3.8, 4) is 0 Å². The van der Waals surface area contributed by atoms with Gasteiger partial charge in [0.15, 0.2) is 13.1 Å². The number of hydrogen-bond acceptors (Lipinski definition) is 6. The zero-order valence-corrected chi connectivity index (χ0v) is 32.0. The second-order valence-electron chi connectivity index (χ2n) is 17.7. The molecule has 4 aliphatic carbocycles. The van der Waals surface area contributed by atoms with Gasteiger partial charge in [-0.1, -0.05) is 45.0 Å². The van der Waals surface area contributed by atoms with Gasteiger partial charge in [-0.2, -0.15) is 0 Å². The standard InChI is InChI=1S/C43H58N4O6/c1-29(9-14-39(48)51-4)35-12-13-36-34-11-10-32-21-33-15-16-42(32,2)37(34)22-38(43(35,36)3)53-41(50)26-47-20-18-45(28-47)24-31-8-6-5-7-30(31)23-44-17-19-46(27-44)25-40(49)52-33/h5-8,17-20,27-29,32-38H,9-16,21-26H2,1-4H3/q+2/t29-,32-,33-,34+,35-,36+,37+,38+,42+,43-/m1/s1. The van der Waals surface area contributed by atoms with Crippen LogP contribution in [-0.4, -0.2) is 46.4 Å². The quantitative estimate of drug-likeness (QED) is 0.196. The second-order valence-corrected chi connectivity index (χ2v) is 17.7. The molecule has 1 aromatic carbocycles. The summed E-state index contributed by atoms with van der Waals surface area (Å²) in [4.78, 5) is 39.5. The minimum atomic E-state index is -0.194. The van der Waals surface area contributed by atoms with Crippen molar-refractivity contribution in [2.75, 3.05) is 7.11 Å². The molecule has 6 aliphatic rings. The SMILES string of the molecule is COC(=O)CC[C@@H](C)[C@H]1CC[C@H]2[C@@H]3CC[C@@H]4C[C@H]5CC[C@]4(C)[C@H]3C[C@H](OC(=O)Cn3cc[n+](c3)Cc3ccccc3C[n+]3ccn(c3)CC(=O)O5)[C@]12C. The highest BCUT2D eigenvalue weighted by Crippen LogP contribution is 2.69. The van der Waals surface area contributed by atoms with Crippen LogP contribution >= 0.6 is 0 Å². The maximum Gasteiger partial charge on any atom is 0.348 e. The van der Waals surface area contributed by atoms with Gasteiger partial charge in [0, 0.05) is 23.0 Å². The zero-order valence-electron chi connectivity index (χ0n) is 32.0. The maximum atomic E-state index is 14.0. The lowest BCUT2D eigenvalue weighted by atomic mass is 9.43. The van der Waals surface area contributed by atoms with Crippen molar-refractivity contribution in [3.63, 3.8) is 0 Å². The number of aromatic nitrogens is 4. The van der Waals surface area contributed by atoms with Gasteiger partial charge in [-0.15, -0.1) is 0 Å². The highest BCUT2D eigenvalue weighted by molar-refractivity contribution is 5.70. The average molecular weight is 727 g/mol. The molecule has 4 saturated carbocycles. The number of methoxy groups -OCH3 is 1. The first-order valence-corrected chi connectivity index (χ1v) is 20.2. The van der Waals surface area contributed by atoms with Gasteiger partial charge in [0.1, 0.15) is 50.1 Å². The molecule has 2 aromatic heterocycles. The number of rotatable bonds is 4. The third kappa shape index (κ3) is 6.84. The Balaban J connectivity index is 1.11. The third-order valence-electron chi connectivity index (χ3n) is 15.0. The van der Waals surface area contributed by atoms with Gasteiger partial charge in [0.25, 0.3) is 0 Å². The van der Waals surface area contributed by atoms with Gasteiger partial charge in [0.2, 0.25) is 12.7 Å². The molecule has 0 radical (unpaired) electrons. The molecular formula is C43H58N4O6+2. The van der Waals surface area contributed by atoms with E-state index >= 15 is 0 Å². The van der Waals surface area contributed by atoms with E-state index in [1.807, 2.05) is 46.6 Å². The van der Waals surface area contributed by atoms with Crippen LogP contribution in [0, 0.1) is 46.3 Å². The molecule has 53 heavy (non-hydrogen) atoms. The van der Waals surface area contributed by atoms with Crippen molar-refractivity contribution in [2.24, 2.45) is 46.3 Å². The summed E-state index contributed by atoms with van der Waals surface area (Å²) in [6.45, 7) is 8.92. The predicted molar refractivity (Wildman–Crippen MR) is 195 cm³/mol. The normalized spacial score (nSPS) is 34.8. The highest BCUT2D eigenvalue weighted by Gasteiger charge is 2.65. The smallest absolute Gasteiger partial charge is 0.348 e. The number of nitrogens with zero attached hydrogens (tertiary/aromatic N) is 4. The molecule has 4 fully saturated rings. The summed E-state index contributed by atoms with van der Waals surface area (Å²) in [6.07, 6.45) is 21.1. The molecule has 2 aliphatic heterocycles. The van der Waals surface area contributed by atoms with E-state index < -0.39 is 0 Å². The van der Waals surface area contributed by atoms with Crippen LogP contribution < -0.4 is 9.13 Å². The van der Waals surface area contributed by atoms with Crippen molar-refractivity contribution in [2.45, 2.75) is 123 Å². The van der Waals surface area contributed by atoms with Gasteiger partial charge in [-0.05, 0) is 98.7 Å². The Morgan fingerprint density at radius 3 is 2.21 bits per heavy atom. The van der Waals surface area contributed by atoms with E-state index in [0.717, 1.165) is 51.4 Å². The second kappa shape index (κ2) is 14.4. The van der Waals surface area contributed by atoms with Crippen molar-refractivity contribution in [3.05, 3.63) is 72.8 Å². The molecule has 0 unspecified atom stereocenters. The van der Waals surface area contributed by atoms with Crippen LogP contribution in [0.2, 0.25) is 0 Å². The Kier molecular flexibility index (Phi) is 9.77. The van der Waals surface area contributed by atoms with Gasteiger partial charge < -0.3 is 14.2 Å². The minimum absolute atomic E-state index is 0.0638. The number of ether oxygens (including phenoxy) is 3. The summed E-state index contributed by atoms with van der Waals surface area (Å²) in [7, 11) is 1.46. The number of carbonyl (C=O) groups is 3. The van der Waals surface area contributed by atoms with Gasteiger partial charge in [-0.3, -0.25) is 4.79 Å². The van der Waals surface area contributed by atoms with E-state index in [0.29, 0.717) is 55.0 Å². The molecular weight excluding hydrogens is 668 g/mol. The summed E-state index contributed by atoms with van der Waals surface area (Å²) in [5.41, 5.74) is 2.33. The van der Waals surface area contributed by atoms with Gasteiger partial charge in [-0.25, -0.2) is 27.9 Å². The van der Waals surface area contributed by atoms with Crippen LogP contribution in [0.4, 0.5) is 0 Å². The molecule has 0 N–H and O–H groups in total. The molecule has 0 amide bonds. The largest absolute Gasteiger partial charge is 0.469 e. The molecule has 10 heteroatoms. The molecule has 0 spiro atoms. The third-order valence-corrected chi connectivity index (χ3v) is 15.0. The summed E-state index contributed by atoms with van der Waals surface area (Å²) in [6, 6.07) is 8.41. The summed E-state index contributed by atoms with van der Waals surface area (Å²) >= 11 is 0. The van der Waals surface area contributed by atoms with Crippen molar-refractivity contribution in [1.29, 1.82) is 0 Å². The Bertz CT molecular complexity index is 1830. The molecule has 10 nitrogen and oxygen atoms in total. The van der Waals surface area contributed by atoms with Crippen LogP contribution in [-0.2, 0) is 54.8 Å². The van der Waals surface area contributed by atoms with Crippen LogP contribution in [0.3, 0.4) is 0 Å². The lowest BCUT2D eigenvalue weighted by molar-refractivity contribution is -0.693. The first-order chi connectivity index (χ1) is 25.5. The first kappa shape index (κ1) is 36.0. The van der Waals surface area contributed by atoms with Crippen LogP contribution in [0.25, 0.3) is 0 Å². The first-order valence-electron chi connectivity index (χ1n) is 20.2. The number of hydrogen-bond donors (Lipinski definition) is 0. The van der Waals surface area contributed by atoms with E-state index in [4.69, 9.17) is 14.2 Å². The molecule has 0 saturated heterocycles. The zero-order chi connectivity index (χ0) is 36.9. The minimum Gasteiger partial charge on any atom is -0.469 e. The Labute approximate surface area is 313 Å². The maximum absolute atomic E-state index is 14.0. The number of fused-ring (bicyclic) bond motifs is 7. The van der Waals surface area contributed by atoms with Crippen molar-refractivity contribution < 1.29 is 37.7 Å². The highest BCUT2D eigenvalue weighted by atomic mass is 16.5. The van der Waals surface area contributed by atoms with E-state index in [-0.39, 0.29) is 54.0 Å². The lowest BCUT2D eigenvalue weighted by Crippen LogP contribution is -2.59. The molecule has 284 valence electrons. The Morgan fingerprint density at radius 2 is 1.55 bits per heavy atom. The molecule has 4 heterocycles. The Morgan fingerprint density at radius 1 is 0.887 bits per heavy atom. The van der Waals surface area contributed by atoms with E-state index in [1.54, 1.807) is 0 Å². The monoisotopic (exact) mass is 726 g/mol. The number of imidazole rings is 2. The van der Waals surface area contributed by atoms with Gasteiger partial charge in [0.05, 0.1) is 7.11 Å². The number of esters is 3. The van der Waals surface area contributed by atoms with Crippen molar-refractivity contribution >= 4 is 17.9 Å². The van der Waals surface area contributed by atoms with Crippen LogP contribution in [0.15, 0.2) is 61.7 Å². The molecule has 9 rings (SSSR count). The lowest BCUT2D eigenvalue weighted by Gasteiger charge is -2.62. The molecule has 9 bridgehead atoms. The molecule has 10 atom stereocenters. The number of carbonyl (C=O) groups excluding carboxylic acids is 3. The summed E-state index contributed by atoms with van der Waals surface area (Å²) < 4.78 is 26.1. The fourth-order valence-electron chi connectivity index (χ4n) is 12.3. The Hall–Kier alpha value is -3.95. The van der Waals surface area contributed by atoms with Crippen LogP contribution in [0.1, 0.15) is 96.1 Å². The average Bonchev–Trinajstić information content (AvgIpc) is 3.87. The summed E-state index contributed by atoms with van der Waals surface area (Å²) in [5, 5.41) is 0. The topological polar surface area (TPSA) is 96.5 Å². The molecule has 3 aromatic rings. The van der Waals surface area contributed by atoms with E-state index in [9.17, 15) is 14.4 Å². The fourth-order valence-corrected chi connectivity index (χ4v) is 12.3. The fraction of sp³-hybridized carbons (Fsp3) is 0.651. The van der Waals surface area contributed by atoms with Gasteiger partial charge >= 0.3 is 17.9 Å². The summed E-state index contributed by atoms with van der Waals surface area (Å²) in [5.74, 6) is 2.13. The number of benzene rings is 1. The van der Waals surface area contributed by atoms with Crippen LogP contribution in [0.5, 0.6) is 0 Å². The predicted octanol–water partition coefficient (Wildman–Crippen LogP) is 5.66.